The van der Waals surface area contributed by atoms with Crippen LogP contribution in [-0.4, -0.2) is 23.9 Å². The Kier molecular flexibility index (Phi) is 4.65. The molecule has 4 heteroatoms. The van der Waals surface area contributed by atoms with Gasteiger partial charge in [-0.25, -0.2) is 0 Å². The molecule has 2 amide bonds. The van der Waals surface area contributed by atoms with Crippen LogP contribution in [0, 0.1) is 16.7 Å². The molecular weight excluding hydrogens is 312 g/mol. The van der Waals surface area contributed by atoms with Crippen molar-refractivity contribution in [2.24, 2.45) is 16.7 Å². The molecule has 0 heterocycles. The van der Waals surface area contributed by atoms with E-state index < -0.39 is 0 Å². The zero-order chi connectivity index (χ0) is 18.2. The summed E-state index contributed by atoms with van der Waals surface area (Å²) in [5.41, 5.74) is 1.10. The van der Waals surface area contributed by atoms with Crippen LogP contribution < -0.4 is 10.6 Å². The third kappa shape index (κ3) is 3.19. The molecule has 4 nitrogen and oxygen atoms in total. The van der Waals surface area contributed by atoms with E-state index in [1.54, 1.807) is 12.1 Å². The van der Waals surface area contributed by atoms with E-state index in [4.69, 9.17) is 0 Å². The van der Waals surface area contributed by atoms with Crippen molar-refractivity contribution in [3.8, 4) is 0 Å². The predicted molar refractivity (Wildman–Crippen MR) is 99.1 cm³/mol. The Morgan fingerprint density at radius 3 is 2.44 bits per heavy atom. The van der Waals surface area contributed by atoms with Gasteiger partial charge in [0.15, 0.2) is 0 Å². The van der Waals surface area contributed by atoms with Crippen molar-refractivity contribution in [3.05, 3.63) is 35.9 Å². The second-order valence-corrected chi connectivity index (χ2v) is 8.68. The molecule has 0 aromatic heterocycles. The number of nitrogens with one attached hydrogen (secondary N) is 2. The fourth-order valence-electron chi connectivity index (χ4n) is 4.90. The van der Waals surface area contributed by atoms with Crippen LogP contribution in [0.3, 0.4) is 0 Å². The lowest BCUT2D eigenvalue weighted by molar-refractivity contribution is -0.123. The zero-order valence-corrected chi connectivity index (χ0v) is 15.8. The number of benzene rings is 1. The van der Waals surface area contributed by atoms with E-state index >= 15 is 0 Å². The number of rotatable bonds is 5. The topological polar surface area (TPSA) is 58.2 Å². The third-order valence-corrected chi connectivity index (χ3v) is 7.03. The van der Waals surface area contributed by atoms with Crippen molar-refractivity contribution < 1.29 is 9.59 Å². The summed E-state index contributed by atoms with van der Waals surface area (Å²) in [5.74, 6) is 0.613. The van der Waals surface area contributed by atoms with E-state index in [0.29, 0.717) is 17.9 Å². The molecule has 2 bridgehead atoms. The summed E-state index contributed by atoms with van der Waals surface area (Å²) in [5, 5.41) is 6.17. The minimum atomic E-state index is -0.188. The van der Waals surface area contributed by atoms with Gasteiger partial charge in [0.2, 0.25) is 5.91 Å². The van der Waals surface area contributed by atoms with Gasteiger partial charge in [-0.1, -0.05) is 39.0 Å². The average Bonchev–Trinajstić information content (AvgIpc) is 2.88. The molecule has 1 aromatic carbocycles. The highest BCUT2D eigenvalue weighted by Crippen LogP contribution is 2.65. The van der Waals surface area contributed by atoms with Crippen molar-refractivity contribution >= 4 is 11.8 Å². The molecule has 3 rings (SSSR count). The van der Waals surface area contributed by atoms with Crippen molar-refractivity contribution in [2.75, 3.05) is 0 Å². The molecule has 2 N–H and O–H groups in total. The minimum absolute atomic E-state index is 0.0374. The molecule has 0 saturated heterocycles. The lowest BCUT2D eigenvalue weighted by Crippen LogP contribution is -2.48. The minimum Gasteiger partial charge on any atom is -0.353 e. The summed E-state index contributed by atoms with van der Waals surface area (Å²) in [6.07, 6.45) is 3.87. The number of hydrogen-bond acceptors (Lipinski definition) is 2. The number of carbonyl (C=O) groups excluding carboxylic acids is 2. The van der Waals surface area contributed by atoms with Crippen LogP contribution in [0.25, 0.3) is 0 Å². The largest absolute Gasteiger partial charge is 0.353 e. The van der Waals surface area contributed by atoms with E-state index in [1.807, 2.05) is 25.1 Å². The van der Waals surface area contributed by atoms with Crippen LogP contribution in [-0.2, 0) is 4.79 Å². The maximum Gasteiger partial charge on any atom is 0.251 e. The Hall–Kier alpha value is -1.84. The van der Waals surface area contributed by atoms with Gasteiger partial charge in [0.05, 0.1) is 0 Å². The first-order valence-corrected chi connectivity index (χ1v) is 9.39. The molecule has 2 aliphatic rings. The fourth-order valence-corrected chi connectivity index (χ4v) is 4.90. The zero-order valence-electron chi connectivity index (χ0n) is 15.8. The van der Waals surface area contributed by atoms with Gasteiger partial charge < -0.3 is 10.6 Å². The summed E-state index contributed by atoms with van der Waals surface area (Å²) >= 11 is 0. The van der Waals surface area contributed by atoms with Crippen LogP contribution >= 0.6 is 0 Å². The van der Waals surface area contributed by atoms with Crippen LogP contribution in [0.5, 0.6) is 0 Å². The Balaban J connectivity index is 1.52. The second-order valence-electron chi connectivity index (χ2n) is 8.68. The van der Waals surface area contributed by atoms with Crippen LogP contribution in [0.1, 0.15) is 63.7 Å². The van der Waals surface area contributed by atoms with Gasteiger partial charge in [-0.15, -0.1) is 0 Å². The molecule has 0 aliphatic heterocycles. The molecular formula is C21H30N2O2. The maximum atomic E-state index is 12.5. The summed E-state index contributed by atoms with van der Waals surface area (Å²) in [4.78, 5) is 24.7. The molecule has 4 atom stereocenters. The number of hydrogen-bond donors (Lipinski definition) is 2. The summed E-state index contributed by atoms with van der Waals surface area (Å²) in [7, 11) is 0. The van der Waals surface area contributed by atoms with E-state index in [2.05, 4.69) is 31.4 Å². The molecule has 2 aliphatic carbocycles. The SMILES string of the molecule is CC(CC(=O)NC1CC2CCC1(C)C2(C)C)NC(=O)c1ccccc1. The maximum absolute atomic E-state index is 12.5. The van der Waals surface area contributed by atoms with Crippen LogP contribution in [0.15, 0.2) is 30.3 Å². The third-order valence-electron chi connectivity index (χ3n) is 7.03. The quantitative estimate of drug-likeness (QED) is 0.860. The van der Waals surface area contributed by atoms with E-state index in [-0.39, 0.29) is 34.7 Å². The van der Waals surface area contributed by atoms with Crippen molar-refractivity contribution in [1.29, 1.82) is 0 Å². The van der Waals surface area contributed by atoms with Gasteiger partial charge in [0.25, 0.3) is 5.91 Å². The van der Waals surface area contributed by atoms with Gasteiger partial charge in [-0.05, 0) is 55.1 Å². The van der Waals surface area contributed by atoms with Gasteiger partial charge in [0, 0.05) is 24.1 Å². The predicted octanol–water partition coefficient (Wildman–Crippen LogP) is 3.53. The second kappa shape index (κ2) is 6.47. The Labute approximate surface area is 150 Å². The smallest absolute Gasteiger partial charge is 0.251 e. The average molecular weight is 342 g/mol. The highest BCUT2D eigenvalue weighted by molar-refractivity contribution is 5.94. The molecule has 4 unspecified atom stereocenters. The van der Waals surface area contributed by atoms with Gasteiger partial charge in [-0.3, -0.25) is 9.59 Å². The first-order chi connectivity index (χ1) is 11.7. The molecule has 2 fully saturated rings. The Morgan fingerprint density at radius 2 is 1.88 bits per heavy atom. The van der Waals surface area contributed by atoms with E-state index in [9.17, 15) is 9.59 Å². The van der Waals surface area contributed by atoms with Gasteiger partial charge in [0.1, 0.15) is 0 Å². The number of fused-ring (bicyclic) bond motifs is 2. The Morgan fingerprint density at radius 1 is 1.20 bits per heavy atom. The lowest BCUT2D eigenvalue weighted by atomic mass is 9.69. The van der Waals surface area contributed by atoms with Crippen molar-refractivity contribution in [3.63, 3.8) is 0 Å². The molecule has 136 valence electrons. The van der Waals surface area contributed by atoms with Crippen molar-refractivity contribution in [1.82, 2.24) is 10.6 Å². The van der Waals surface area contributed by atoms with E-state index in [1.165, 1.54) is 12.8 Å². The lowest BCUT2D eigenvalue weighted by Gasteiger charge is -2.39. The number of carbonyl (C=O) groups is 2. The van der Waals surface area contributed by atoms with Crippen LogP contribution in [0.4, 0.5) is 0 Å². The summed E-state index contributed by atoms with van der Waals surface area (Å²) < 4.78 is 0. The normalized spacial score (nSPS) is 30.7. The summed E-state index contributed by atoms with van der Waals surface area (Å²) in [6.45, 7) is 8.90. The highest BCUT2D eigenvalue weighted by atomic mass is 16.2. The molecule has 2 saturated carbocycles. The summed E-state index contributed by atoms with van der Waals surface area (Å²) in [6, 6.07) is 9.18. The molecule has 1 aromatic rings. The van der Waals surface area contributed by atoms with Gasteiger partial charge >= 0.3 is 0 Å². The Bertz CT molecular complexity index is 655. The molecule has 0 spiro atoms. The van der Waals surface area contributed by atoms with Crippen molar-refractivity contribution in [2.45, 2.75) is 65.5 Å². The number of amides is 2. The molecule has 25 heavy (non-hydrogen) atoms. The molecule has 0 radical (unpaired) electrons. The first kappa shape index (κ1) is 18.0. The fraction of sp³-hybridized carbons (Fsp3) is 0.619. The monoisotopic (exact) mass is 342 g/mol. The standard InChI is InChI=1S/C21H30N2O2/c1-14(22-19(25)15-8-6-5-7-9-15)12-18(24)23-17-13-16-10-11-21(17,4)20(16,2)3/h5-9,14,16-17H,10-13H2,1-4H3,(H,22,25)(H,23,24). The highest BCUT2D eigenvalue weighted by Gasteiger charge is 2.61. The van der Waals surface area contributed by atoms with E-state index in [0.717, 1.165) is 6.42 Å². The van der Waals surface area contributed by atoms with Crippen LogP contribution in [0.2, 0.25) is 0 Å². The van der Waals surface area contributed by atoms with Gasteiger partial charge in [-0.2, -0.15) is 0 Å². The first-order valence-electron chi connectivity index (χ1n) is 9.39.